The number of likely N-dealkylation sites (N-methyl/N-ethyl adjacent to an activating group) is 1. The monoisotopic (exact) mass is 368 g/mol. The minimum atomic E-state index is -0.507. The van der Waals surface area contributed by atoms with Crippen molar-refractivity contribution in [3.8, 4) is 0 Å². The third-order valence-corrected chi connectivity index (χ3v) is 4.80. The zero-order valence-corrected chi connectivity index (χ0v) is 13.7. The molecule has 1 amide bonds. The molecule has 2 aromatic rings. The predicted octanol–water partition coefficient (Wildman–Crippen LogP) is 3.73. The highest BCUT2D eigenvalue weighted by atomic mass is 79.9. The van der Waals surface area contributed by atoms with E-state index in [0.717, 1.165) is 6.42 Å². The van der Waals surface area contributed by atoms with Gasteiger partial charge in [0.05, 0.1) is 10.5 Å². The lowest BCUT2D eigenvalue weighted by Crippen LogP contribution is -2.29. The van der Waals surface area contributed by atoms with Gasteiger partial charge in [-0.15, -0.1) is 11.3 Å². The van der Waals surface area contributed by atoms with E-state index in [1.54, 1.807) is 29.4 Å². The second-order valence-electron chi connectivity index (χ2n) is 4.45. The average Bonchev–Trinajstić information content (AvgIpc) is 2.97. The summed E-state index contributed by atoms with van der Waals surface area (Å²) in [5.41, 5.74) is 0.199. The highest BCUT2D eigenvalue weighted by molar-refractivity contribution is 9.10. The third kappa shape index (κ3) is 3.68. The van der Waals surface area contributed by atoms with Gasteiger partial charge in [-0.05, 0) is 39.9 Å². The summed E-state index contributed by atoms with van der Waals surface area (Å²) in [5, 5.41) is 12.9. The number of rotatable bonds is 5. The van der Waals surface area contributed by atoms with Crippen molar-refractivity contribution in [3.63, 3.8) is 0 Å². The molecule has 0 saturated heterocycles. The largest absolute Gasteiger partial charge is 0.341 e. The molecule has 110 valence electrons. The third-order valence-electron chi connectivity index (χ3n) is 3.03. The number of halogens is 1. The minimum absolute atomic E-state index is 0.104. The van der Waals surface area contributed by atoms with Crippen LogP contribution in [0.25, 0.3) is 0 Å². The fourth-order valence-corrected chi connectivity index (χ4v) is 3.14. The van der Waals surface area contributed by atoms with Gasteiger partial charge in [0.1, 0.15) is 4.47 Å². The van der Waals surface area contributed by atoms with E-state index in [1.807, 2.05) is 17.5 Å². The Bertz CT molecular complexity index is 658. The zero-order chi connectivity index (χ0) is 15.4. The van der Waals surface area contributed by atoms with Crippen molar-refractivity contribution in [1.82, 2.24) is 4.90 Å². The van der Waals surface area contributed by atoms with Gasteiger partial charge < -0.3 is 4.90 Å². The summed E-state index contributed by atoms with van der Waals surface area (Å²) in [7, 11) is 1.70. The SMILES string of the molecule is CN(CCc1cccs1)C(=O)c1cccc([N+](=O)[O-])c1Br. The van der Waals surface area contributed by atoms with Crippen LogP contribution in [0.1, 0.15) is 15.2 Å². The summed E-state index contributed by atoms with van der Waals surface area (Å²) in [6, 6.07) is 8.46. The molecular formula is C14H13BrN2O3S. The maximum atomic E-state index is 12.4. The Hall–Kier alpha value is -1.73. The number of nitrogens with zero attached hydrogens (tertiary/aromatic N) is 2. The van der Waals surface area contributed by atoms with E-state index in [-0.39, 0.29) is 16.1 Å². The quantitative estimate of drug-likeness (QED) is 0.596. The molecule has 7 heteroatoms. The predicted molar refractivity (Wildman–Crippen MR) is 85.8 cm³/mol. The first-order valence-corrected chi connectivity index (χ1v) is 7.88. The number of carbonyl (C=O) groups excluding carboxylic acids is 1. The molecule has 2 rings (SSSR count). The number of amides is 1. The number of carbonyl (C=O) groups is 1. The second kappa shape index (κ2) is 6.82. The molecule has 0 bridgehead atoms. The van der Waals surface area contributed by atoms with Crippen LogP contribution in [-0.2, 0) is 6.42 Å². The van der Waals surface area contributed by atoms with Crippen molar-refractivity contribution < 1.29 is 9.72 Å². The molecule has 21 heavy (non-hydrogen) atoms. The minimum Gasteiger partial charge on any atom is -0.341 e. The van der Waals surface area contributed by atoms with Crippen LogP contribution in [0.4, 0.5) is 5.69 Å². The first kappa shape index (κ1) is 15.7. The van der Waals surface area contributed by atoms with Crippen molar-refractivity contribution in [2.45, 2.75) is 6.42 Å². The Morgan fingerprint density at radius 3 is 2.76 bits per heavy atom. The van der Waals surface area contributed by atoms with Gasteiger partial charge in [-0.25, -0.2) is 0 Å². The molecule has 0 N–H and O–H groups in total. The van der Waals surface area contributed by atoms with Crippen molar-refractivity contribution >= 4 is 38.9 Å². The second-order valence-corrected chi connectivity index (χ2v) is 6.28. The molecule has 5 nitrogen and oxygen atoms in total. The van der Waals surface area contributed by atoms with E-state index in [0.29, 0.717) is 12.1 Å². The molecule has 0 saturated carbocycles. The molecule has 1 aromatic carbocycles. The summed E-state index contributed by atoms with van der Waals surface area (Å²) in [6.45, 7) is 0.564. The maximum Gasteiger partial charge on any atom is 0.284 e. The fraction of sp³-hybridized carbons (Fsp3) is 0.214. The van der Waals surface area contributed by atoms with E-state index >= 15 is 0 Å². The number of benzene rings is 1. The highest BCUT2D eigenvalue weighted by Gasteiger charge is 2.21. The molecule has 0 fully saturated rings. The van der Waals surface area contributed by atoms with Crippen LogP contribution in [0, 0.1) is 10.1 Å². The van der Waals surface area contributed by atoms with Crippen LogP contribution < -0.4 is 0 Å². The molecule has 0 atom stereocenters. The van der Waals surface area contributed by atoms with E-state index in [9.17, 15) is 14.9 Å². The van der Waals surface area contributed by atoms with Crippen LogP contribution in [0.2, 0.25) is 0 Å². The summed E-state index contributed by atoms with van der Waals surface area (Å²) in [4.78, 5) is 25.5. The topological polar surface area (TPSA) is 63.5 Å². The Balaban J connectivity index is 2.12. The Morgan fingerprint density at radius 2 is 2.14 bits per heavy atom. The van der Waals surface area contributed by atoms with E-state index in [1.165, 1.54) is 17.0 Å². The number of nitro groups is 1. The van der Waals surface area contributed by atoms with Gasteiger partial charge in [0.25, 0.3) is 11.6 Å². The summed E-state index contributed by atoms with van der Waals surface area (Å²) in [6.07, 6.45) is 0.770. The molecule has 0 radical (unpaired) electrons. The van der Waals surface area contributed by atoms with Crippen LogP contribution in [0.3, 0.4) is 0 Å². The van der Waals surface area contributed by atoms with Crippen LogP contribution in [0.15, 0.2) is 40.2 Å². The number of hydrogen-bond acceptors (Lipinski definition) is 4. The Labute approximate surface area is 134 Å². The molecule has 0 aliphatic heterocycles. The van der Waals surface area contributed by atoms with Gasteiger partial charge in [-0.2, -0.15) is 0 Å². The Kier molecular flexibility index (Phi) is 5.08. The molecule has 1 aromatic heterocycles. The molecule has 0 aliphatic carbocycles. The highest BCUT2D eigenvalue weighted by Crippen LogP contribution is 2.29. The fourth-order valence-electron chi connectivity index (χ4n) is 1.87. The first-order valence-electron chi connectivity index (χ1n) is 6.21. The van der Waals surface area contributed by atoms with Crippen molar-refractivity contribution in [1.29, 1.82) is 0 Å². The van der Waals surface area contributed by atoms with Gasteiger partial charge in [0.15, 0.2) is 0 Å². The maximum absolute atomic E-state index is 12.4. The summed E-state index contributed by atoms with van der Waals surface area (Å²) in [5.74, 6) is -0.234. The molecule has 0 aliphatic rings. The smallest absolute Gasteiger partial charge is 0.284 e. The van der Waals surface area contributed by atoms with E-state index < -0.39 is 4.92 Å². The summed E-state index contributed by atoms with van der Waals surface area (Å²) < 4.78 is 0.225. The Morgan fingerprint density at radius 1 is 1.38 bits per heavy atom. The molecule has 1 heterocycles. The van der Waals surface area contributed by atoms with Gasteiger partial charge in [0.2, 0.25) is 0 Å². The van der Waals surface area contributed by atoms with Crippen molar-refractivity contribution in [3.05, 3.63) is 60.7 Å². The lowest BCUT2D eigenvalue weighted by molar-refractivity contribution is -0.385. The average molecular weight is 369 g/mol. The zero-order valence-electron chi connectivity index (χ0n) is 11.3. The van der Waals surface area contributed by atoms with Gasteiger partial charge in [-0.3, -0.25) is 14.9 Å². The standard InChI is InChI=1S/C14H13BrN2O3S/c1-16(8-7-10-4-3-9-21-10)14(18)11-5-2-6-12(13(11)15)17(19)20/h2-6,9H,7-8H2,1H3. The van der Waals surface area contributed by atoms with Crippen molar-refractivity contribution in [2.75, 3.05) is 13.6 Å². The van der Waals surface area contributed by atoms with E-state index in [4.69, 9.17) is 0 Å². The first-order chi connectivity index (χ1) is 10.0. The number of thiophene rings is 1. The lowest BCUT2D eigenvalue weighted by atomic mass is 10.1. The number of hydrogen-bond donors (Lipinski definition) is 0. The van der Waals surface area contributed by atoms with Crippen LogP contribution in [0.5, 0.6) is 0 Å². The van der Waals surface area contributed by atoms with Gasteiger partial charge in [0, 0.05) is 24.5 Å². The molecular weight excluding hydrogens is 356 g/mol. The van der Waals surface area contributed by atoms with Gasteiger partial charge in [-0.1, -0.05) is 12.1 Å². The van der Waals surface area contributed by atoms with Gasteiger partial charge >= 0.3 is 0 Å². The van der Waals surface area contributed by atoms with Crippen molar-refractivity contribution in [2.24, 2.45) is 0 Å². The van der Waals surface area contributed by atoms with Crippen LogP contribution >= 0.6 is 27.3 Å². The van der Waals surface area contributed by atoms with Crippen LogP contribution in [-0.4, -0.2) is 29.3 Å². The number of nitro benzene ring substituents is 1. The normalized spacial score (nSPS) is 10.4. The lowest BCUT2D eigenvalue weighted by Gasteiger charge is -2.17. The molecule has 0 spiro atoms. The summed E-state index contributed by atoms with van der Waals surface area (Å²) >= 11 is 4.80. The van der Waals surface area contributed by atoms with E-state index in [2.05, 4.69) is 15.9 Å². The molecule has 0 unspecified atom stereocenters.